The minimum Gasteiger partial charge on any atom is -0.398 e. The number of halogens is 1. The molecule has 2 rings (SSSR count). The molecule has 1 unspecified atom stereocenters. The van der Waals surface area contributed by atoms with Gasteiger partial charge in [-0.15, -0.1) is 0 Å². The molecule has 4 nitrogen and oxygen atoms in total. The van der Waals surface area contributed by atoms with Crippen molar-refractivity contribution in [3.8, 4) is 0 Å². The van der Waals surface area contributed by atoms with Gasteiger partial charge in [0.1, 0.15) is 0 Å². The van der Waals surface area contributed by atoms with E-state index in [-0.39, 0.29) is 11.9 Å². The Morgan fingerprint density at radius 2 is 2.35 bits per heavy atom. The fourth-order valence-corrected chi connectivity index (χ4v) is 2.36. The quantitative estimate of drug-likeness (QED) is 0.783. The molecule has 1 aromatic rings. The van der Waals surface area contributed by atoms with E-state index in [0.717, 1.165) is 19.5 Å². The first-order chi connectivity index (χ1) is 8.08. The number of amides is 1. The largest absolute Gasteiger partial charge is 0.398 e. The van der Waals surface area contributed by atoms with Gasteiger partial charge in [0.15, 0.2) is 0 Å². The molecular weight excluding hydrogens is 238 g/mol. The van der Waals surface area contributed by atoms with E-state index >= 15 is 0 Å². The van der Waals surface area contributed by atoms with Gasteiger partial charge in [0.25, 0.3) is 5.91 Å². The number of nitrogens with one attached hydrogen (secondary N) is 1. The summed E-state index contributed by atoms with van der Waals surface area (Å²) in [6.07, 6.45) is 0.965. The van der Waals surface area contributed by atoms with Crippen molar-refractivity contribution in [3.05, 3.63) is 28.8 Å². The number of nitrogen functional groups attached to an aromatic ring is 1. The predicted molar refractivity (Wildman–Crippen MR) is 69.2 cm³/mol. The Bertz CT molecular complexity index is 416. The molecule has 0 saturated carbocycles. The van der Waals surface area contributed by atoms with E-state index in [0.29, 0.717) is 16.3 Å². The SMILES string of the molecule is CN1CCC(NC(=O)c2c(N)cccc2Cl)C1. The Kier molecular flexibility index (Phi) is 3.54. The van der Waals surface area contributed by atoms with Crippen LogP contribution in [0.5, 0.6) is 0 Å². The van der Waals surface area contributed by atoms with Crippen molar-refractivity contribution in [2.45, 2.75) is 12.5 Å². The van der Waals surface area contributed by atoms with Gasteiger partial charge in [-0.05, 0) is 32.1 Å². The fraction of sp³-hybridized carbons (Fsp3) is 0.417. The van der Waals surface area contributed by atoms with E-state index in [1.54, 1.807) is 18.2 Å². The van der Waals surface area contributed by atoms with Crippen LogP contribution in [0.3, 0.4) is 0 Å². The zero-order valence-corrected chi connectivity index (χ0v) is 10.5. The standard InChI is InChI=1S/C12H16ClN3O/c1-16-6-5-8(7-16)15-12(17)11-9(13)3-2-4-10(11)14/h2-4,8H,5-7,14H2,1H3,(H,15,17). The third-order valence-electron chi connectivity index (χ3n) is 3.00. The monoisotopic (exact) mass is 253 g/mol. The molecule has 1 aliphatic heterocycles. The summed E-state index contributed by atoms with van der Waals surface area (Å²) in [6.45, 7) is 1.87. The maximum absolute atomic E-state index is 12.1. The summed E-state index contributed by atoms with van der Waals surface area (Å²) in [4.78, 5) is 14.2. The van der Waals surface area contributed by atoms with Crippen LogP contribution in [0.1, 0.15) is 16.8 Å². The molecular formula is C12H16ClN3O. The number of likely N-dealkylation sites (tertiary alicyclic amines) is 1. The summed E-state index contributed by atoms with van der Waals surface area (Å²) in [7, 11) is 2.04. The molecule has 0 radical (unpaired) electrons. The molecule has 1 aromatic carbocycles. The summed E-state index contributed by atoms with van der Waals surface area (Å²) in [6, 6.07) is 5.27. The lowest BCUT2D eigenvalue weighted by molar-refractivity contribution is 0.0939. The van der Waals surface area contributed by atoms with E-state index in [2.05, 4.69) is 10.2 Å². The summed E-state index contributed by atoms with van der Waals surface area (Å²) >= 11 is 5.99. The third-order valence-corrected chi connectivity index (χ3v) is 3.31. The first-order valence-electron chi connectivity index (χ1n) is 5.61. The first kappa shape index (κ1) is 12.2. The number of carbonyl (C=O) groups excluding carboxylic acids is 1. The topological polar surface area (TPSA) is 58.4 Å². The number of carbonyl (C=O) groups is 1. The molecule has 3 N–H and O–H groups in total. The van der Waals surface area contributed by atoms with Crippen molar-refractivity contribution in [1.82, 2.24) is 10.2 Å². The highest BCUT2D eigenvalue weighted by Gasteiger charge is 2.23. The molecule has 1 atom stereocenters. The molecule has 1 amide bonds. The number of nitrogens with zero attached hydrogens (tertiary/aromatic N) is 1. The minimum absolute atomic E-state index is 0.183. The number of nitrogens with two attached hydrogens (primary N) is 1. The van der Waals surface area contributed by atoms with Gasteiger partial charge in [-0.1, -0.05) is 17.7 Å². The van der Waals surface area contributed by atoms with Crippen LogP contribution in [-0.4, -0.2) is 37.0 Å². The van der Waals surface area contributed by atoms with Crippen LogP contribution in [0.2, 0.25) is 5.02 Å². The van der Waals surface area contributed by atoms with Crippen LogP contribution in [-0.2, 0) is 0 Å². The maximum Gasteiger partial charge on any atom is 0.255 e. The van der Waals surface area contributed by atoms with Gasteiger partial charge >= 0.3 is 0 Å². The zero-order chi connectivity index (χ0) is 12.4. The number of anilines is 1. The van der Waals surface area contributed by atoms with Crippen LogP contribution < -0.4 is 11.1 Å². The number of likely N-dealkylation sites (N-methyl/N-ethyl adjacent to an activating group) is 1. The van der Waals surface area contributed by atoms with E-state index in [1.807, 2.05) is 7.05 Å². The number of hydrogen-bond acceptors (Lipinski definition) is 3. The van der Waals surface area contributed by atoms with Crippen molar-refractivity contribution in [2.24, 2.45) is 0 Å². The minimum atomic E-state index is -0.187. The van der Waals surface area contributed by atoms with Gasteiger partial charge in [0, 0.05) is 18.3 Å². The molecule has 1 fully saturated rings. The van der Waals surface area contributed by atoms with Gasteiger partial charge in [-0.3, -0.25) is 4.79 Å². The molecule has 0 aliphatic carbocycles. The Morgan fingerprint density at radius 1 is 1.59 bits per heavy atom. The molecule has 0 spiro atoms. The molecule has 5 heteroatoms. The highest BCUT2D eigenvalue weighted by atomic mass is 35.5. The lowest BCUT2D eigenvalue weighted by Gasteiger charge is -2.14. The van der Waals surface area contributed by atoms with E-state index in [4.69, 9.17) is 17.3 Å². The molecule has 92 valence electrons. The zero-order valence-electron chi connectivity index (χ0n) is 9.74. The number of hydrogen-bond donors (Lipinski definition) is 2. The average Bonchev–Trinajstić information content (AvgIpc) is 2.63. The molecule has 0 bridgehead atoms. The number of benzene rings is 1. The summed E-state index contributed by atoms with van der Waals surface area (Å²) < 4.78 is 0. The summed E-state index contributed by atoms with van der Waals surface area (Å²) in [5.74, 6) is -0.187. The first-order valence-corrected chi connectivity index (χ1v) is 5.99. The number of rotatable bonds is 2. The second-order valence-electron chi connectivity index (χ2n) is 4.43. The van der Waals surface area contributed by atoms with Gasteiger partial charge < -0.3 is 16.0 Å². The third kappa shape index (κ3) is 2.70. The van der Waals surface area contributed by atoms with Crippen LogP contribution in [0.25, 0.3) is 0 Å². The van der Waals surface area contributed by atoms with Gasteiger partial charge in [-0.25, -0.2) is 0 Å². The van der Waals surface area contributed by atoms with Crippen molar-refractivity contribution in [3.63, 3.8) is 0 Å². The molecule has 0 aromatic heterocycles. The molecule has 1 heterocycles. The van der Waals surface area contributed by atoms with Gasteiger partial charge in [-0.2, -0.15) is 0 Å². The van der Waals surface area contributed by atoms with Crippen LogP contribution in [0.15, 0.2) is 18.2 Å². The highest BCUT2D eigenvalue weighted by Crippen LogP contribution is 2.22. The van der Waals surface area contributed by atoms with E-state index < -0.39 is 0 Å². The predicted octanol–water partition coefficient (Wildman–Crippen LogP) is 1.36. The summed E-state index contributed by atoms with van der Waals surface area (Å²) in [5, 5.41) is 3.36. The summed E-state index contributed by atoms with van der Waals surface area (Å²) in [5.41, 5.74) is 6.56. The average molecular weight is 254 g/mol. The Balaban J connectivity index is 2.10. The van der Waals surface area contributed by atoms with E-state index in [9.17, 15) is 4.79 Å². The van der Waals surface area contributed by atoms with Gasteiger partial charge in [0.05, 0.1) is 10.6 Å². The lowest BCUT2D eigenvalue weighted by Crippen LogP contribution is -2.36. The Labute approximate surface area is 106 Å². The second-order valence-corrected chi connectivity index (χ2v) is 4.83. The molecule has 17 heavy (non-hydrogen) atoms. The van der Waals surface area contributed by atoms with Crippen LogP contribution >= 0.6 is 11.6 Å². The van der Waals surface area contributed by atoms with Crippen LogP contribution in [0, 0.1) is 0 Å². The van der Waals surface area contributed by atoms with Crippen molar-refractivity contribution in [1.29, 1.82) is 0 Å². The van der Waals surface area contributed by atoms with Gasteiger partial charge in [0.2, 0.25) is 0 Å². The van der Waals surface area contributed by atoms with Crippen LogP contribution in [0.4, 0.5) is 5.69 Å². The highest BCUT2D eigenvalue weighted by molar-refractivity contribution is 6.34. The Hall–Kier alpha value is -1.26. The second kappa shape index (κ2) is 4.94. The maximum atomic E-state index is 12.1. The fourth-order valence-electron chi connectivity index (χ4n) is 2.09. The Morgan fingerprint density at radius 3 is 2.94 bits per heavy atom. The normalized spacial score (nSPS) is 20.5. The van der Waals surface area contributed by atoms with Crippen molar-refractivity contribution < 1.29 is 4.79 Å². The van der Waals surface area contributed by atoms with Crippen molar-refractivity contribution >= 4 is 23.2 Å². The lowest BCUT2D eigenvalue weighted by atomic mass is 10.1. The molecule has 1 saturated heterocycles. The van der Waals surface area contributed by atoms with E-state index in [1.165, 1.54) is 0 Å². The molecule has 1 aliphatic rings. The van der Waals surface area contributed by atoms with Crippen molar-refractivity contribution in [2.75, 3.05) is 25.9 Å². The smallest absolute Gasteiger partial charge is 0.255 e.